The van der Waals surface area contributed by atoms with E-state index in [1.807, 2.05) is 0 Å². The van der Waals surface area contributed by atoms with E-state index in [1.165, 1.54) is 148 Å². The zero-order chi connectivity index (χ0) is 70.1. The molecule has 0 aliphatic rings. The van der Waals surface area contributed by atoms with Gasteiger partial charge in [0, 0.05) is 25.7 Å². The van der Waals surface area contributed by atoms with Gasteiger partial charge < -0.3 is 33.8 Å². The molecule has 0 saturated heterocycles. The van der Waals surface area contributed by atoms with E-state index in [4.69, 9.17) is 37.0 Å². The van der Waals surface area contributed by atoms with Crippen LogP contribution in [-0.2, 0) is 65.4 Å². The maximum Gasteiger partial charge on any atom is 0.472 e. The minimum Gasteiger partial charge on any atom is -0.462 e. The van der Waals surface area contributed by atoms with Crippen molar-refractivity contribution < 1.29 is 80.2 Å². The van der Waals surface area contributed by atoms with Crippen LogP contribution in [0.5, 0.6) is 0 Å². The van der Waals surface area contributed by atoms with Crippen molar-refractivity contribution in [3.8, 4) is 0 Å². The fraction of sp³-hybridized carbons (Fsp3) is 0.895. The quantitative estimate of drug-likeness (QED) is 0.0169. The van der Waals surface area contributed by atoms with Gasteiger partial charge in [0.25, 0.3) is 0 Å². The fourth-order valence-corrected chi connectivity index (χ4v) is 12.6. The minimum atomic E-state index is -4.96. The molecule has 17 nitrogen and oxygen atoms in total. The molecule has 0 rings (SSSR count). The van der Waals surface area contributed by atoms with E-state index in [1.54, 1.807) is 0 Å². The van der Waals surface area contributed by atoms with Gasteiger partial charge in [0.15, 0.2) is 12.2 Å². The Hall–Kier alpha value is -2.46. The number of unbranched alkanes of at least 4 members (excludes halogenated alkanes) is 36. The largest absolute Gasteiger partial charge is 0.472 e. The molecule has 0 amide bonds. The summed E-state index contributed by atoms with van der Waals surface area (Å²) >= 11 is 0. The van der Waals surface area contributed by atoms with E-state index in [0.29, 0.717) is 31.6 Å². The van der Waals surface area contributed by atoms with Crippen LogP contribution >= 0.6 is 15.6 Å². The molecule has 0 bridgehead atoms. The summed E-state index contributed by atoms with van der Waals surface area (Å²) in [5, 5.41) is 10.6. The molecule has 0 fully saturated rings. The van der Waals surface area contributed by atoms with Crippen molar-refractivity contribution in [2.45, 2.75) is 381 Å². The number of rotatable bonds is 72. The van der Waals surface area contributed by atoms with Gasteiger partial charge in [-0.15, -0.1) is 0 Å². The average molecular weight is 1390 g/mol. The number of phosphoric ester groups is 2. The number of aliphatic hydroxyl groups excluding tert-OH is 1. The first-order valence-electron chi connectivity index (χ1n) is 38.7. The van der Waals surface area contributed by atoms with Crippen LogP contribution in [0.3, 0.4) is 0 Å². The second-order valence-electron chi connectivity index (χ2n) is 27.9. The minimum absolute atomic E-state index is 0.0978. The van der Waals surface area contributed by atoms with Crippen molar-refractivity contribution in [2.75, 3.05) is 39.6 Å². The van der Waals surface area contributed by atoms with Gasteiger partial charge in [-0.25, -0.2) is 9.13 Å². The molecule has 3 N–H and O–H groups in total. The maximum atomic E-state index is 13.1. The molecule has 0 aliphatic heterocycles. The van der Waals surface area contributed by atoms with E-state index in [2.05, 4.69) is 72.8 Å². The number of hydrogen-bond donors (Lipinski definition) is 3. The van der Waals surface area contributed by atoms with Gasteiger partial charge in [-0.05, 0) is 69.1 Å². The zero-order valence-electron chi connectivity index (χ0n) is 61.6. The Morgan fingerprint density at radius 1 is 0.347 bits per heavy atom. The fourth-order valence-electron chi connectivity index (χ4n) is 11.0. The molecular formula is C76H144O17P2. The molecule has 0 aromatic carbocycles. The van der Waals surface area contributed by atoms with Crippen molar-refractivity contribution in [1.82, 2.24) is 0 Å². The SMILES string of the molecule is CCCCCC/C=C\C=C/CCCCCCCC(=O)OC[C@H](COP(=O)(O)OCC(O)COP(=O)(O)OC[C@@H](COC(=O)CCCCCCCCCC(C)C)OC(=O)CCCCCCCCCCCCCCCCCC(C)C)OC(=O)CCCCCCCCCCC(C)CC. The van der Waals surface area contributed by atoms with E-state index in [-0.39, 0.29) is 25.7 Å². The first kappa shape index (κ1) is 92.5. The van der Waals surface area contributed by atoms with Crippen LogP contribution in [0.1, 0.15) is 363 Å². The summed E-state index contributed by atoms with van der Waals surface area (Å²) in [7, 11) is -9.92. The zero-order valence-corrected chi connectivity index (χ0v) is 63.4. The van der Waals surface area contributed by atoms with Gasteiger partial charge >= 0.3 is 39.5 Å². The number of hydrogen-bond acceptors (Lipinski definition) is 15. The highest BCUT2D eigenvalue weighted by atomic mass is 31.2. The number of carbonyl (C=O) groups excluding carboxylic acids is 4. The molecule has 0 aliphatic carbocycles. The number of allylic oxidation sites excluding steroid dienone is 4. The van der Waals surface area contributed by atoms with E-state index in [9.17, 15) is 43.2 Å². The Kier molecular flexibility index (Phi) is 64.4. The number of aliphatic hydroxyl groups is 1. The Balaban J connectivity index is 5.26. The van der Waals surface area contributed by atoms with Gasteiger partial charge in [0.1, 0.15) is 19.3 Å². The van der Waals surface area contributed by atoms with Crippen LogP contribution < -0.4 is 0 Å². The Morgan fingerprint density at radius 3 is 0.937 bits per heavy atom. The molecule has 0 radical (unpaired) electrons. The monoisotopic (exact) mass is 1390 g/mol. The summed E-state index contributed by atoms with van der Waals surface area (Å²) in [6.07, 6.45) is 55.0. The molecular weight excluding hydrogens is 1250 g/mol. The Morgan fingerprint density at radius 2 is 0.621 bits per heavy atom. The van der Waals surface area contributed by atoms with Gasteiger partial charge in [0.2, 0.25) is 0 Å². The summed E-state index contributed by atoms with van der Waals surface area (Å²) in [6.45, 7) is 11.8. The highest BCUT2D eigenvalue weighted by Crippen LogP contribution is 2.45. The molecule has 0 aromatic rings. The van der Waals surface area contributed by atoms with Crippen LogP contribution in [0.2, 0.25) is 0 Å². The van der Waals surface area contributed by atoms with Crippen molar-refractivity contribution in [3.63, 3.8) is 0 Å². The normalized spacial score (nSPS) is 14.5. The van der Waals surface area contributed by atoms with Gasteiger partial charge in [-0.1, -0.05) is 310 Å². The van der Waals surface area contributed by atoms with Crippen LogP contribution in [0.25, 0.3) is 0 Å². The number of phosphoric acid groups is 2. The van der Waals surface area contributed by atoms with E-state index < -0.39 is 97.5 Å². The lowest BCUT2D eigenvalue weighted by molar-refractivity contribution is -0.161. The van der Waals surface area contributed by atoms with Crippen molar-refractivity contribution in [1.29, 1.82) is 0 Å². The Labute approximate surface area is 580 Å². The predicted molar refractivity (Wildman–Crippen MR) is 386 cm³/mol. The third-order valence-corrected chi connectivity index (χ3v) is 19.3. The van der Waals surface area contributed by atoms with Crippen LogP contribution in [-0.4, -0.2) is 96.7 Å². The number of esters is 4. The van der Waals surface area contributed by atoms with Crippen molar-refractivity contribution in [3.05, 3.63) is 24.3 Å². The van der Waals surface area contributed by atoms with Crippen molar-refractivity contribution in [2.24, 2.45) is 17.8 Å². The van der Waals surface area contributed by atoms with Crippen molar-refractivity contribution >= 4 is 39.5 Å². The standard InChI is InChI=1S/C76H144O17P2/c1-8-10-11-12-13-14-15-16-18-22-25-28-36-43-50-57-73(78)86-63-71(93-76(81)60-53-46-38-31-30-35-42-49-56-69(7)9-2)65-90-94(82,83)88-61-70(77)62-89-95(84,85)91-66-72(64-87-74(79)58-51-44-39-32-34-41-48-55-68(5)6)92-75(80)59-52-45-37-29-26-23-20-17-19-21-24-27-33-40-47-54-67(3)4/h14-16,18,67-72,77H,8-13,17,19-66H2,1-7H3,(H,82,83)(H,84,85)/b15-14-,18-16-/t69?,70?,71-,72-/m1/s1. The first-order valence-corrected chi connectivity index (χ1v) is 41.7. The van der Waals surface area contributed by atoms with E-state index >= 15 is 0 Å². The second-order valence-corrected chi connectivity index (χ2v) is 30.8. The smallest absolute Gasteiger partial charge is 0.462 e. The lowest BCUT2D eigenvalue weighted by atomic mass is 9.99. The maximum absolute atomic E-state index is 13.1. The molecule has 95 heavy (non-hydrogen) atoms. The third-order valence-electron chi connectivity index (χ3n) is 17.4. The lowest BCUT2D eigenvalue weighted by Crippen LogP contribution is -2.30. The summed E-state index contributed by atoms with van der Waals surface area (Å²) in [6, 6.07) is 0. The lowest BCUT2D eigenvalue weighted by Gasteiger charge is -2.21. The highest BCUT2D eigenvalue weighted by Gasteiger charge is 2.30. The number of carbonyl (C=O) groups is 4. The van der Waals surface area contributed by atoms with Gasteiger partial charge in [-0.2, -0.15) is 0 Å². The molecule has 0 aromatic heterocycles. The Bertz CT molecular complexity index is 1950. The van der Waals surface area contributed by atoms with Crippen LogP contribution in [0.4, 0.5) is 0 Å². The van der Waals surface area contributed by atoms with Gasteiger partial charge in [0.05, 0.1) is 26.4 Å². The molecule has 0 spiro atoms. The van der Waals surface area contributed by atoms with Gasteiger partial charge in [-0.3, -0.25) is 37.3 Å². The van der Waals surface area contributed by atoms with Crippen LogP contribution in [0, 0.1) is 17.8 Å². The molecule has 560 valence electrons. The molecule has 0 heterocycles. The van der Waals surface area contributed by atoms with E-state index in [0.717, 1.165) is 127 Å². The predicted octanol–water partition coefficient (Wildman–Crippen LogP) is 21.7. The molecule has 4 unspecified atom stereocenters. The third kappa shape index (κ3) is 68.5. The summed E-state index contributed by atoms with van der Waals surface area (Å²) in [5.74, 6) is 0.120. The molecule has 6 atom stereocenters. The topological polar surface area (TPSA) is 237 Å². The second kappa shape index (κ2) is 66.1. The molecule has 19 heteroatoms. The summed E-state index contributed by atoms with van der Waals surface area (Å²) in [5.41, 5.74) is 0. The first-order chi connectivity index (χ1) is 45.8. The summed E-state index contributed by atoms with van der Waals surface area (Å²) in [4.78, 5) is 72.8. The number of ether oxygens (including phenoxy) is 4. The highest BCUT2D eigenvalue weighted by molar-refractivity contribution is 7.47. The summed E-state index contributed by atoms with van der Waals surface area (Å²) < 4.78 is 68.5. The van der Waals surface area contributed by atoms with Crippen LogP contribution in [0.15, 0.2) is 24.3 Å². The average Bonchev–Trinajstić information content (AvgIpc) is 1.78. The molecule has 0 saturated carbocycles.